The van der Waals surface area contributed by atoms with Crippen LogP contribution in [0, 0.1) is 0 Å². The van der Waals surface area contributed by atoms with Crippen LogP contribution < -0.4 is 0 Å². The van der Waals surface area contributed by atoms with Crippen LogP contribution in [0.2, 0.25) is 0 Å². The number of hydrogen-bond acceptors (Lipinski definition) is 3. The van der Waals surface area contributed by atoms with Crippen LogP contribution in [0.1, 0.15) is 45.0 Å². The minimum absolute atomic E-state index is 0.141. The van der Waals surface area contributed by atoms with Crippen molar-refractivity contribution >= 4 is 16.7 Å². The van der Waals surface area contributed by atoms with Gasteiger partial charge in [0.15, 0.2) is 5.78 Å². The average Bonchev–Trinajstić information content (AvgIpc) is 2.81. The molecule has 2 heterocycles. The lowest BCUT2D eigenvalue weighted by Gasteiger charge is -2.22. The standard InChI is InChI=1S/C25H16F6N2O/c26-24(27,28)18-6-3-15(4-7-18)19(20-14-32-11-9-21(20)25(29,30)31)13-23(34)17-5-8-22-16(12-17)2-1-10-33-22/h1-12,14,19H,13H2/t19-/m0/s1. The van der Waals surface area contributed by atoms with Crippen molar-refractivity contribution in [1.82, 2.24) is 9.97 Å². The number of rotatable bonds is 5. The van der Waals surface area contributed by atoms with Crippen LogP contribution in [0.15, 0.2) is 79.3 Å². The molecule has 0 N–H and O–H groups in total. The summed E-state index contributed by atoms with van der Waals surface area (Å²) in [6, 6.07) is 12.7. The predicted molar refractivity (Wildman–Crippen MR) is 113 cm³/mol. The molecule has 2 aromatic carbocycles. The summed E-state index contributed by atoms with van der Waals surface area (Å²) in [5.41, 5.74) is -1.18. The molecule has 0 aliphatic carbocycles. The number of halogens is 6. The van der Waals surface area contributed by atoms with Gasteiger partial charge >= 0.3 is 12.4 Å². The highest BCUT2D eigenvalue weighted by atomic mass is 19.4. The van der Waals surface area contributed by atoms with Gasteiger partial charge in [-0.05, 0) is 53.6 Å². The molecule has 0 bridgehead atoms. The third-order valence-corrected chi connectivity index (χ3v) is 5.49. The minimum Gasteiger partial charge on any atom is -0.294 e. The Bertz CT molecular complexity index is 1330. The second-order valence-corrected chi connectivity index (χ2v) is 7.67. The highest BCUT2D eigenvalue weighted by Gasteiger charge is 2.37. The average molecular weight is 474 g/mol. The van der Waals surface area contributed by atoms with E-state index in [4.69, 9.17) is 0 Å². The lowest BCUT2D eigenvalue weighted by atomic mass is 9.84. The van der Waals surface area contributed by atoms with E-state index in [1.54, 1.807) is 30.5 Å². The first kappa shape index (κ1) is 23.4. The quantitative estimate of drug-likeness (QED) is 0.230. The van der Waals surface area contributed by atoms with Gasteiger partial charge in [-0.25, -0.2) is 0 Å². The molecule has 9 heteroatoms. The number of Topliss-reactive ketones (excluding diaryl/α,β-unsaturated/α-hetero) is 1. The van der Waals surface area contributed by atoms with Gasteiger partial charge in [-0.15, -0.1) is 0 Å². The lowest BCUT2D eigenvalue weighted by molar-refractivity contribution is -0.138. The Morgan fingerprint density at radius 3 is 2.26 bits per heavy atom. The van der Waals surface area contributed by atoms with Crippen molar-refractivity contribution in [3.63, 3.8) is 0 Å². The molecule has 2 aromatic heterocycles. The molecule has 0 unspecified atom stereocenters. The zero-order valence-electron chi connectivity index (χ0n) is 17.4. The van der Waals surface area contributed by atoms with Crippen molar-refractivity contribution in [3.05, 3.63) is 107 Å². The van der Waals surface area contributed by atoms with Crippen LogP contribution >= 0.6 is 0 Å². The maximum absolute atomic E-state index is 13.7. The summed E-state index contributed by atoms with van der Waals surface area (Å²) >= 11 is 0. The number of fused-ring (bicyclic) bond motifs is 1. The fraction of sp³-hybridized carbons (Fsp3) is 0.160. The van der Waals surface area contributed by atoms with Gasteiger partial charge in [0.1, 0.15) is 0 Å². The summed E-state index contributed by atoms with van der Waals surface area (Å²) < 4.78 is 80.1. The first-order valence-corrected chi connectivity index (χ1v) is 10.1. The highest BCUT2D eigenvalue weighted by Crippen LogP contribution is 2.40. The Balaban J connectivity index is 1.77. The van der Waals surface area contributed by atoms with Gasteiger partial charge in [0.25, 0.3) is 0 Å². The molecule has 0 aliphatic rings. The molecule has 34 heavy (non-hydrogen) atoms. The molecule has 0 aliphatic heterocycles. The highest BCUT2D eigenvalue weighted by molar-refractivity contribution is 6.00. The second-order valence-electron chi connectivity index (χ2n) is 7.67. The maximum atomic E-state index is 13.7. The lowest BCUT2D eigenvalue weighted by Crippen LogP contribution is -2.16. The van der Waals surface area contributed by atoms with Crippen molar-refractivity contribution in [2.75, 3.05) is 0 Å². The molecular formula is C25H16F6N2O. The third-order valence-electron chi connectivity index (χ3n) is 5.49. The molecule has 0 spiro atoms. The summed E-state index contributed by atoms with van der Waals surface area (Å²) in [7, 11) is 0. The molecule has 1 atom stereocenters. The van der Waals surface area contributed by atoms with Crippen LogP contribution in [-0.4, -0.2) is 15.8 Å². The Morgan fingerprint density at radius 1 is 0.853 bits per heavy atom. The zero-order chi connectivity index (χ0) is 24.5. The van der Waals surface area contributed by atoms with Crippen LogP contribution in [0.5, 0.6) is 0 Å². The van der Waals surface area contributed by atoms with Crippen molar-refractivity contribution in [3.8, 4) is 0 Å². The third kappa shape index (κ3) is 4.93. The summed E-state index contributed by atoms with van der Waals surface area (Å²) in [6.07, 6.45) is -6.16. The van der Waals surface area contributed by atoms with E-state index < -0.39 is 41.6 Å². The van der Waals surface area contributed by atoms with E-state index in [1.807, 2.05) is 0 Å². The second kappa shape index (κ2) is 8.89. The number of benzene rings is 2. The monoisotopic (exact) mass is 474 g/mol. The topological polar surface area (TPSA) is 42.9 Å². The zero-order valence-corrected chi connectivity index (χ0v) is 17.4. The van der Waals surface area contributed by atoms with Gasteiger partial charge in [-0.3, -0.25) is 14.8 Å². The number of aromatic nitrogens is 2. The number of carbonyl (C=O) groups is 1. The fourth-order valence-corrected chi connectivity index (χ4v) is 3.81. The van der Waals surface area contributed by atoms with Crippen LogP contribution in [0.25, 0.3) is 10.9 Å². The Kier molecular flexibility index (Phi) is 6.12. The first-order chi connectivity index (χ1) is 16.0. The van der Waals surface area contributed by atoms with Gasteiger partial charge in [0, 0.05) is 41.9 Å². The summed E-state index contributed by atoms with van der Waals surface area (Å²) in [5.74, 6) is -1.63. The smallest absolute Gasteiger partial charge is 0.294 e. The van der Waals surface area contributed by atoms with E-state index in [2.05, 4.69) is 9.97 Å². The Hall–Kier alpha value is -3.75. The summed E-state index contributed by atoms with van der Waals surface area (Å²) in [4.78, 5) is 21.1. The number of pyridine rings is 2. The van der Waals surface area contributed by atoms with Crippen molar-refractivity contribution in [2.45, 2.75) is 24.7 Å². The van der Waals surface area contributed by atoms with Gasteiger partial charge < -0.3 is 0 Å². The number of carbonyl (C=O) groups excluding carboxylic acids is 1. The molecule has 3 nitrogen and oxygen atoms in total. The molecule has 0 amide bonds. The Morgan fingerprint density at radius 2 is 1.59 bits per heavy atom. The predicted octanol–water partition coefficient (Wildman–Crippen LogP) is 7.07. The molecule has 4 aromatic rings. The van der Waals surface area contributed by atoms with Gasteiger partial charge in [-0.2, -0.15) is 26.3 Å². The van der Waals surface area contributed by atoms with Gasteiger partial charge in [0.05, 0.1) is 16.6 Å². The van der Waals surface area contributed by atoms with Crippen LogP contribution in [0.3, 0.4) is 0 Å². The molecule has 174 valence electrons. The van der Waals surface area contributed by atoms with E-state index in [0.717, 1.165) is 42.7 Å². The van der Waals surface area contributed by atoms with Gasteiger partial charge in [-0.1, -0.05) is 18.2 Å². The number of hydrogen-bond donors (Lipinski definition) is 0. The van der Waals surface area contributed by atoms with Crippen molar-refractivity contribution in [2.24, 2.45) is 0 Å². The first-order valence-electron chi connectivity index (χ1n) is 10.1. The maximum Gasteiger partial charge on any atom is 0.416 e. The summed E-state index contributed by atoms with van der Waals surface area (Å²) in [6.45, 7) is 0. The SMILES string of the molecule is O=C(C[C@@H](c1ccc(C(F)(F)F)cc1)c1cnccc1C(F)(F)F)c1ccc2ncccc2c1. The summed E-state index contributed by atoms with van der Waals surface area (Å²) in [5, 5.41) is 0.678. The van der Waals surface area contributed by atoms with E-state index in [-0.39, 0.29) is 16.7 Å². The van der Waals surface area contributed by atoms with Crippen LogP contribution in [0.4, 0.5) is 26.3 Å². The molecular weight excluding hydrogens is 458 g/mol. The number of ketones is 1. The largest absolute Gasteiger partial charge is 0.416 e. The van der Waals surface area contributed by atoms with E-state index >= 15 is 0 Å². The molecule has 0 radical (unpaired) electrons. The van der Waals surface area contributed by atoms with Gasteiger partial charge in [0.2, 0.25) is 0 Å². The van der Waals surface area contributed by atoms with E-state index in [9.17, 15) is 31.1 Å². The number of nitrogens with zero attached hydrogens (tertiary/aromatic N) is 2. The normalized spacial score (nSPS) is 13.1. The van der Waals surface area contributed by atoms with Crippen molar-refractivity contribution in [1.29, 1.82) is 0 Å². The van der Waals surface area contributed by atoms with Crippen LogP contribution in [-0.2, 0) is 12.4 Å². The number of alkyl halides is 6. The van der Waals surface area contributed by atoms with E-state index in [0.29, 0.717) is 10.9 Å². The fourth-order valence-electron chi connectivity index (χ4n) is 3.81. The molecule has 0 fully saturated rings. The van der Waals surface area contributed by atoms with E-state index in [1.165, 1.54) is 6.07 Å². The van der Waals surface area contributed by atoms with Crippen molar-refractivity contribution < 1.29 is 31.1 Å². The Labute approximate surface area is 190 Å². The minimum atomic E-state index is -4.74. The molecule has 0 saturated heterocycles. The molecule has 0 saturated carbocycles. The molecule has 4 rings (SSSR count).